The van der Waals surface area contributed by atoms with Crippen LogP contribution in [0, 0.1) is 13.8 Å². The lowest BCUT2D eigenvalue weighted by Gasteiger charge is -2.26. The molecule has 2 aromatic heterocycles. The summed E-state index contributed by atoms with van der Waals surface area (Å²) < 4.78 is 8.36. The highest BCUT2D eigenvalue weighted by Gasteiger charge is 2.24. The van der Waals surface area contributed by atoms with E-state index in [1.807, 2.05) is 6.92 Å². The summed E-state index contributed by atoms with van der Waals surface area (Å²) in [5.74, 6) is -0.550. The van der Waals surface area contributed by atoms with Gasteiger partial charge in [-0.15, -0.1) is 0 Å². The first kappa shape index (κ1) is 22.4. The normalized spacial score (nSPS) is 14.9. The number of carbonyl (C=O) groups excluding carboxylic acids is 1. The molecular formula is C20H29N5O4S. The number of thioether (sulfide) groups is 1. The van der Waals surface area contributed by atoms with Gasteiger partial charge in [0.2, 0.25) is 0 Å². The van der Waals surface area contributed by atoms with Gasteiger partial charge in [0.25, 0.3) is 5.56 Å². The number of H-pyrrole nitrogens is 1. The molecule has 30 heavy (non-hydrogen) atoms. The number of Topliss-reactive ketones (excluding diaryl/α,β-unsaturated/α-hetero) is 1. The number of nitrogen functional groups attached to an aromatic ring is 1. The van der Waals surface area contributed by atoms with Crippen molar-refractivity contribution >= 4 is 23.4 Å². The number of ether oxygens (including phenoxy) is 1. The van der Waals surface area contributed by atoms with Gasteiger partial charge in [-0.3, -0.25) is 19.1 Å². The second kappa shape index (κ2) is 9.65. The predicted molar refractivity (Wildman–Crippen MR) is 116 cm³/mol. The Morgan fingerprint density at radius 1 is 1.27 bits per heavy atom. The SMILES string of the molecule is COCCn1c(N)c(C(=O)CSc2nc(C)c(C)n2C2CCCCC2)c(=O)[nH]c1=O. The number of nitrogens with zero attached hydrogens (tertiary/aromatic N) is 3. The number of carbonyl (C=O) groups is 1. The number of ketones is 1. The maximum Gasteiger partial charge on any atom is 0.330 e. The fraction of sp³-hybridized carbons (Fsp3) is 0.600. The Hall–Kier alpha value is -2.33. The minimum atomic E-state index is -0.764. The molecule has 164 valence electrons. The quantitative estimate of drug-likeness (QED) is 0.480. The van der Waals surface area contributed by atoms with E-state index in [4.69, 9.17) is 10.5 Å². The summed E-state index contributed by atoms with van der Waals surface area (Å²) in [5, 5.41) is 0.785. The zero-order valence-corrected chi connectivity index (χ0v) is 18.5. The molecule has 0 radical (unpaired) electrons. The van der Waals surface area contributed by atoms with E-state index in [1.165, 1.54) is 38.1 Å². The maximum atomic E-state index is 12.9. The van der Waals surface area contributed by atoms with Gasteiger partial charge in [-0.05, 0) is 26.7 Å². The van der Waals surface area contributed by atoms with Gasteiger partial charge in [0.05, 0.1) is 24.6 Å². The number of nitrogens with two attached hydrogens (primary N) is 1. The van der Waals surface area contributed by atoms with Crippen molar-refractivity contribution in [2.45, 2.75) is 63.7 Å². The lowest BCUT2D eigenvalue weighted by atomic mass is 9.95. The smallest absolute Gasteiger partial charge is 0.330 e. The Labute approximate surface area is 179 Å². The van der Waals surface area contributed by atoms with Crippen LogP contribution in [0.25, 0.3) is 0 Å². The van der Waals surface area contributed by atoms with Crippen molar-refractivity contribution in [2.24, 2.45) is 0 Å². The van der Waals surface area contributed by atoms with Crippen LogP contribution in [-0.2, 0) is 11.3 Å². The molecule has 0 saturated heterocycles. The summed E-state index contributed by atoms with van der Waals surface area (Å²) in [6.07, 6.45) is 5.86. The first-order valence-electron chi connectivity index (χ1n) is 10.2. The van der Waals surface area contributed by atoms with Crippen LogP contribution in [0.4, 0.5) is 5.82 Å². The highest BCUT2D eigenvalue weighted by Crippen LogP contribution is 2.34. The molecule has 0 aliphatic heterocycles. The van der Waals surface area contributed by atoms with Gasteiger partial charge in [0.1, 0.15) is 11.4 Å². The molecule has 10 heteroatoms. The van der Waals surface area contributed by atoms with E-state index < -0.39 is 17.0 Å². The number of methoxy groups -OCH3 is 1. The number of aromatic nitrogens is 4. The molecule has 0 spiro atoms. The van der Waals surface area contributed by atoms with Crippen LogP contribution in [0.1, 0.15) is 59.9 Å². The summed E-state index contributed by atoms with van der Waals surface area (Å²) in [4.78, 5) is 44.0. The van der Waals surface area contributed by atoms with E-state index in [9.17, 15) is 14.4 Å². The van der Waals surface area contributed by atoms with Gasteiger partial charge in [-0.1, -0.05) is 31.0 Å². The fourth-order valence-corrected chi connectivity index (χ4v) is 4.96. The molecule has 0 bridgehead atoms. The van der Waals surface area contributed by atoms with Crippen LogP contribution < -0.4 is 17.0 Å². The monoisotopic (exact) mass is 435 g/mol. The van der Waals surface area contributed by atoms with Crippen LogP contribution in [0.2, 0.25) is 0 Å². The van der Waals surface area contributed by atoms with Gasteiger partial charge in [-0.25, -0.2) is 9.78 Å². The van der Waals surface area contributed by atoms with Crippen molar-refractivity contribution in [3.8, 4) is 0 Å². The highest BCUT2D eigenvalue weighted by atomic mass is 32.2. The van der Waals surface area contributed by atoms with Crippen LogP contribution in [0.3, 0.4) is 0 Å². The lowest BCUT2D eigenvalue weighted by Crippen LogP contribution is -2.37. The molecule has 1 aliphatic rings. The molecule has 1 saturated carbocycles. The van der Waals surface area contributed by atoms with Crippen LogP contribution in [0.15, 0.2) is 14.7 Å². The van der Waals surface area contributed by atoms with Gasteiger partial charge >= 0.3 is 5.69 Å². The molecule has 2 aromatic rings. The topological polar surface area (TPSA) is 125 Å². The zero-order chi connectivity index (χ0) is 21.8. The summed E-state index contributed by atoms with van der Waals surface area (Å²) in [5.41, 5.74) is 6.45. The van der Waals surface area contributed by atoms with E-state index >= 15 is 0 Å². The first-order valence-corrected chi connectivity index (χ1v) is 11.2. The zero-order valence-electron chi connectivity index (χ0n) is 17.7. The second-order valence-corrected chi connectivity index (χ2v) is 8.55. The van der Waals surface area contributed by atoms with Crippen LogP contribution >= 0.6 is 11.8 Å². The Kier molecular flexibility index (Phi) is 7.19. The predicted octanol–water partition coefficient (Wildman–Crippen LogP) is 2.06. The maximum absolute atomic E-state index is 12.9. The highest BCUT2D eigenvalue weighted by molar-refractivity contribution is 7.99. The molecule has 2 heterocycles. The average Bonchev–Trinajstić information content (AvgIpc) is 3.00. The van der Waals surface area contributed by atoms with Gasteiger partial charge < -0.3 is 15.0 Å². The standard InChI is InChI=1S/C20H29N5O4S/c1-12-13(2)25(14-7-5-4-6-8-14)20(22-12)30-11-15(26)16-17(21)24(9-10-29-3)19(28)23-18(16)27/h14H,4-11,21H2,1-3H3,(H,23,27,28). The minimum Gasteiger partial charge on any atom is -0.384 e. The van der Waals surface area contributed by atoms with Gasteiger partial charge in [0.15, 0.2) is 10.9 Å². The number of aromatic amines is 1. The molecule has 3 rings (SSSR count). The second-order valence-electron chi connectivity index (χ2n) is 7.60. The lowest BCUT2D eigenvalue weighted by molar-refractivity contribution is 0.102. The average molecular weight is 436 g/mol. The molecule has 3 N–H and O–H groups in total. The Balaban J connectivity index is 1.84. The number of rotatable bonds is 8. The van der Waals surface area contributed by atoms with Crippen LogP contribution in [0.5, 0.6) is 0 Å². The van der Waals surface area contributed by atoms with Crippen LogP contribution in [-0.4, -0.2) is 44.4 Å². The number of hydrogen-bond donors (Lipinski definition) is 2. The third kappa shape index (κ3) is 4.54. The summed E-state index contributed by atoms with van der Waals surface area (Å²) in [6.45, 7) is 4.40. The number of anilines is 1. The van der Waals surface area contributed by atoms with Crippen molar-refractivity contribution < 1.29 is 9.53 Å². The van der Waals surface area contributed by atoms with Crippen molar-refractivity contribution in [3.63, 3.8) is 0 Å². The van der Waals surface area contributed by atoms with Crippen molar-refractivity contribution in [3.05, 3.63) is 37.8 Å². The molecule has 0 atom stereocenters. The third-order valence-corrected chi connectivity index (χ3v) is 6.62. The molecule has 1 fully saturated rings. The molecule has 0 unspecified atom stereocenters. The van der Waals surface area contributed by atoms with E-state index in [1.54, 1.807) is 0 Å². The van der Waals surface area contributed by atoms with E-state index in [2.05, 4.69) is 21.5 Å². The van der Waals surface area contributed by atoms with E-state index in [-0.39, 0.29) is 30.3 Å². The Morgan fingerprint density at radius 3 is 2.63 bits per heavy atom. The molecule has 9 nitrogen and oxygen atoms in total. The Bertz CT molecular complexity index is 1030. The minimum absolute atomic E-state index is 0.0123. The fourth-order valence-electron chi connectivity index (χ4n) is 3.93. The summed E-state index contributed by atoms with van der Waals surface area (Å²) >= 11 is 1.31. The Morgan fingerprint density at radius 2 is 1.97 bits per heavy atom. The summed E-state index contributed by atoms with van der Waals surface area (Å²) in [7, 11) is 1.49. The van der Waals surface area contributed by atoms with Gasteiger partial charge in [0, 0.05) is 18.8 Å². The van der Waals surface area contributed by atoms with Crippen molar-refractivity contribution in [2.75, 3.05) is 25.2 Å². The first-order chi connectivity index (χ1) is 14.3. The summed E-state index contributed by atoms with van der Waals surface area (Å²) in [6, 6.07) is 0.391. The van der Waals surface area contributed by atoms with Crippen molar-refractivity contribution in [1.29, 1.82) is 0 Å². The molecule has 0 amide bonds. The molecular weight excluding hydrogens is 406 g/mol. The number of aryl methyl sites for hydroxylation is 1. The number of nitrogens with one attached hydrogen (secondary N) is 1. The third-order valence-electron chi connectivity index (χ3n) is 5.66. The molecule has 0 aromatic carbocycles. The number of hydrogen-bond acceptors (Lipinski definition) is 7. The largest absolute Gasteiger partial charge is 0.384 e. The van der Waals surface area contributed by atoms with E-state index in [0.29, 0.717) is 6.04 Å². The molecule has 1 aliphatic carbocycles. The van der Waals surface area contributed by atoms with Crippen molar-refractivity contribution in [1.82, 2.24) is 19.1 Å². The number of imidazole rings is 1. The van der Waals surface area contributed by atoms with Gasteiger partial charge in [-0.2, -0.15) is 0 Å². The van der Waals surface area contributed by atoms with E-state index in [0.717, 1.165) is 34.0 Å².